The molecule has 23 heavy (non-hydrogen) atoms. The standard InChI is InChI=1S/C16H15N3O4/c1-2-23-15-8-6-13(7-9-15)16(20)18-17-11-12-4-3-5-14(10-12)19(21)22/h3-11H,2H2,1H3,(H,18,20)/b17-11-. The Hall–Kier alpha value is -3.22. The summed E-state index contributed by atoms with van der Waals surface area (Å²) in [7, 11) is 0. The number of nitrogens with one attached hydrogen (secondary N) is 1. The van der Waals surface area contributed by atoms with E-state index in [0.29, 0.717) is 23.5 Å². The zero-order chi connectivity index (χ0) is 16.7. The van der Waals surface area contributed by atoms with E-state index in [9.17, 15) is 14.9 Å². The number of benzene rings is 2. The number of hydrogen-bond acceptors (Lipinski definition) is 5. The summed E-state index contributed by atoms with van der Waals surface area (Å²) in [6.07, 6.45) is 1.35. The predicted octanol–water partition coefficient (Wildman–Crippen LogP) is 2.76. The Morgan fingerprint density at radius 2 is 2.04 bits per heavy atom. The van der Waals surface area contributed by atoms with Crippen molar-refractivity contribution >= 4 is 17.8 Å². The number of amides is 1. The molecule has 0 atom stereocenters. The van der Waals surface area contributed by atoms with Crippen LogP contribution < -0.4 is 10.2 Å². The number of hydrogen-bond donors (Lipinski definition) is 1. The third kappa shape index (κ3) is 4.63. The van der Waals surface area contributed by atoms with E-state index in [2.05, 4.69) is 10.5 Å². The largest absolute Gasteiger partial charge is 0.494 e. The smallest absolute Gasteiger partial charge is 0.271 e. The number of nitro groups is 1. The highest BCUT2D eigenvalue weighted by molar-refractivity contribution is 5.95. The fourth-order valence-corrected chi connectivity index (χ4v) is 1.82. The Labute approximate surface area is 132 Å². The maximum absolute atomic E-state index is 11.9. The van der Waals surface area contributed by atoms with Gasteiger partial charge in [0, 0.05) is 23.3 Å². The fraction of sp³-hybridized carbons (Fsp3) is 0.125. The molecule has 0 aromatic heterocycles. The van der Waals surface area contributed by atoms with Crippen molar-refractivity contribution in [3.63, 3.8) is 0 Å². The van der Waals surface area contributed by atoms with Crippen LogP contribution in [0.5, 0.6) is 5.75 Å². The number of rotatable bonds is 6. The average Bonchev–Trinajstić information content (AvgIpc) is 2.56. The molecular weight excluding hydrogens is 298 g/mol. The molecule has 0 unspecified atom stereocenters. The van der Waals surface area contributed by atoms with Crippen molar-refractivity contribution in [1.82, 2.24) is 5.43 Å². The van der Waals surface area contributed by atoms with Gasteiger partial charge in [0.1, 0.15) is 5.75 Å². The van der Waals surface area contributed by atoms with E-state index in [1.165, 1.54) is 18.3 Å². The van der Waals surface area contributed by atoms with Gasteiger partial charge in [-0.15, -0.1) is 0 Å². The summed E-state index contributed by atoms with van der Waals surface area (Å²) in [5.41, 5.74) is 3.29. The Kier molecular flexibility index (Phi) is 5.40. The Morgan fingerprint density at radius 3 is 2.70 bits per heavy atom. The van der Waals surface area contributed by atoms with Crippen LogP contribution in [0, 0.1) is 10.1 Å². The molecule has 0 aliphatic rings. The molecule has 7 heteroatoms. The molecule has 0 fully saturated rings. The van der Waals surface area contributed by atoms with E-state index in [0.717, 1.165) is 0 Å². The van der Waals surface area contributed by atoms with Crippen molar-refractivity contribution in [2.45, 2.75) is 6.92 Å². The molecule has 0 aliphatic carbocycles. The highest BCUT2D eigenvalue weighted by atomic mass is 16.6. The molecule has 1 N–H and O–H groups in total. The van der Waals surface area contributed by atoms with Gasteiger partial charge in [0.2, 0.25) is 0 Å². The first-order chi connectivity index (χ1) is 11.1. The summed E-state index contributed by atoms with van der Waals surface area (Å²) in [4.78, 5) is 22.1. The van der Waals surface area contributed by atoms with Gasteiger partial charge in [-0.05, 0) is 31.2 Å². The zero-order valence-electron chi connectivity index (χ0n) is 12.4. The summed E-state index contributed by atoms with van der Waals surface area (Å²) in [6, 6.07) is 12.6. The van der Waals surface area contributed by atoms with Crippen molar-refractivity contribution in [2.75, 3.05) is 6.61 Å². The molecule has 118 valence electrons. The molecule has 0 saturated heterocycles. The predicted molar refractivity (Wildman–Crippen MR) is 85.8 cm³/mol. The van der Waals surface area contributed by atoms with E-state index in [1.54, 1.807) is 36.4 Å². The van der Waals surface area contributed by atoms with Crippen molar-refractivity contribution in [2.24, 2.45) is 5.10 Å². The van der Waals surface area contributed by atoms with Crippen LogP contribution in [0.15, 0.2) is 53.6 Å². The highest BCUT2D eigenvalue weighted by Crippen LogP contribution is 2.12. The van der Waals surface area contributed by atoms with E-state index in [-0.39, 0.29) is 11.6 Å². The molecule has 7 nitrogen and oxygen atoms in total. The minimum atomic E-state index is -0.490. The maximum Gasteiger partial charge on any atom is 0.271 e. The number of carbonyl (C=O) groups excluding carboxylic acids is 1. The number of ether oxygens (including phenoxy) is 1. The first kappa shape index (κ1) is 16.2. The molecule has 2 aromatic carbocycles. The summed E-state index contributed by atoms with van der Waals surface area (Å²) in [5.74, 6) is 0.305. The van der Waals surface area contributed by atoms with Gasteiger partial charge in [-0.2, -0.15) is 5.10 Å². The Balaban J connectivity index is 1.98. The lowest BCUT2D eigenvalue weighted by molar-refractivity contribution is -0.384. The van der Waals surface area contributed by atoms with Crippen LogP contribution in [0.4, 0.5) is 5.69 Å². The van der Waals surface area contributed by atoms with Crippen LogP contribution >= 0.6 is 0 Å². The topological polar surface area (TPSA) is 93.8 Å². The van der Waals surface area contributed by atoms with Gasteiger partial charge in [0.25, 0.3) is 11.6 Å². The van der Waals surface area contributed by atoms with E-state index in [1.807, 2.05) is 6.92 Å². The summed E-state index contributed by atoms with van der Waals surface area (Å²) in [6.45, 7) is 2.43. The number of nitro benzene ring substituents is 1. The lowest BCUT2D eigenvalue weighted by Gasteiger charge is -2.04. The van der Waals surface area contributed by atoms with Crippen LogP contribution in [0.2, 0.25) is 0 Å². The zero-order valence-corrected chi connectivity index (χ0v) is 12.4. The van der Waals surface area contributed by atoms with Gasteiger partial charge in [-0.1, -0.05) is 12.1 Å². The lowest BCUT2D eigenvalue weighted by Crippen LogP contribution is -2.17. The molecule has 2 aromatic rings. The van der Waals surface area contributed by atoms with Gasteiger partial charge in [-0.25, -0.2) is 5.43 Å². The first-order valence-corrected chi connectivity index (χ1v) is 6.91. The van der Waals surface area contributed by atoms with Crippen LogP contribution in [-0.4, -0.2) is 23.7 Å². The van der Waals surface area contributed by atoms with Crippen LogP contribution in [0.3, 0.4) is 0 Å². The minimum absolute atomic E-state index is 0.0354. The van der Waals surface area contributed by atoms with Crippen molar-refractivity contribution in [1.29, 1.82) is 0 Å². The molecule has 0 aliphatic heterocycles. The number of nitrogens with zero attached hydrogens (tertiary/aromatic N) is 2. The van der Waals surface area contributed by atoms with Crippen molar-refractivity contribution in [3.8, 4) is 5.75 Å². The SMILES string of the molecule is CCOc1ccc(C(=O)N/N=C\c2cccc([N+](=O)[O-])c2)cc1. The quantitative estimate of drug-likeness (QED) is 0.504. The molecule has 2 rings (SSSR count). The number of hydrazone groups is 1. The normalized spacial score (nSPS) is 10.5. The second-order valence-electron chi connectivity index (χ2n) is 4.51. The minimum Gasteiger partial charge on any atom is -0.494 e. The molecule has 0 bridgehead atoms. The van der Waals surface area contributed by atoms with E-state index >= 15 is 0 Å². The average molecular weight is 313 g/mol. The van der Waals surface area contributed by atoms with E-state index < -0.39 is 4.92 Å². The monoisotopic (exact) mass is 313 g/mol. The molecule has 0 saturated carbocycles. The van der Waals surface area contributed by atoms with Gasteiger partial charge in [-0.3, -0.25) is 14.9 Å². The Bertz CT molecular complexity index is 726. The molecule has 0 spiro atoms. The summed E-state index contributed by atoms with van der Waals surface area (Å²) in [5, 5.41) is 14.5. The number of carbonyl (C=O) groups is 1. The third-order valence-corrected chi connectivity index (χ3v) is 2.89. The van der Waals surface area contributed by atoms with Crippen LogP contribution in [0.25, 0.3) is 0 Å². The fourth-order valence-electron chi connectivity index (χ4n) is 1.82. The second-order valence-corrected chi connectivity index (χ2v) is 4.51. The van der Waals surface area contributed by atoms with Gasteiger partial charge < -0.3 is 4.74 Å². The van der Waals surface area contributed by atoms with Crippen LogP contribution in [0.1, 0.15) is 22.8 Å². The van der Waals surface area contributed by atoms with Crippen molar-refractivity contribution in [3.05, 3.63) is 69.8 Å². The molecule has 0 radical (unpaired) electrons. The van der Waals surface area contributed by atoms with Crippen molar-refractivity contribution < 1.29 is 14.5 Å². The molecular formula is C16H15N3O4. The lowest BCUT2D eigenvalue weighted by atomic mass is 10.2. The van der Waals surface area contributed by atoms with Gasteiger partial charge in [0.15, 0.2) is 0 Å². The summed E-state index contributed by atoms with van der Waals surface area (Å²) >= 11 is 0. The molecule has 0 heterocycles. The second kappa shape index (κ2) is 7.69. The number of non-ortho nitro benzene ring substituents is 1. The van der Waals surface area contributed by atoms with Crippen LogP contribution in [-0.2, 0) is 0 Å². The van der Waals surface area contributed by atoms with Gasteiger partial charge >= 0.3 is 0 Å². The Morgan fingerprint density at radius 1 is 1.30 bits per heavy atom. The maximum atomic E-state index is 11.9. The highest BCUT2D eigenvalue weighted by Gasteiger charge is 2.05. The summed E-state index contributed by atoms with van der Waals surface area (Å²) < 4.78 is 5.29. The first-order valence-electron chi connectivity index (χ1n) is 6.91. The molecule has 1 amide bonds. The van der Waals surface area contributed by atoms with Gasteiger partial charge in [0.05, 0.1) is 17.7 Å². The third-order valence-electron chi connectivity index (χ3n) is 2.89. The van der Waals surface area contributed by atoms with E-state index in [4.69, 9.17) is 4.74 Å².